The number of rotatable bonds is 6. The van der Waals surface area contributed by atoms with Crippen molar-refractivity contribution >= 4 is 5.91 Å². The van der Waals surface area contributed by atoms with Crippen molar-refractivity contribution in [3.63, 3.8) is 0 Å². The third kappa shape index (κ3) is 3.94. The Balaban J connectivity index is 2.00. The molecule has 0 saturated carbocycles. The molecule has 0 unspecified atom stereocenters. The molecule has 116 valence electrons. The number of nitrogens with zero attached hydrogens (tertiary/aromatic N) is 4. The van der Waals surface area contributed by atoms with Gasteiger partial charge in [-0.25, -0.2) is 4.98 Å². The highest BCUT2D eigenvalue weighted by Crippen LogP contribution is 2.10. The fourth-order valence-corrected chi connectivity index (χ4v) is 2.13. The van der Waals surface area contributed by atoms with E-state index in [-0.39, 0.29) is 23.8 Å². The first kappa shape index (κ1) is 16.2. The number of nitriles is 2. The van der Waals surface area contributed by atoms with E-state index < -0.39 is 0 Å². The molecule has 1 N–H and O–H groups in total. The van der Waals surface area contributed by atoms with Crippen molar-refractivity contribution in [2.45, 2.75) is 19.7 Å². The van der Waals surface area contributed by atoms with E-state index in [2.05, 4.69) is 10.3 Å². The van der Waals surface area contributed by atoms with E-state index in [0.717, 1.165) is 11.1 Å². The summed E-state index contributed by atoms with van der Waals surface area (Å²) < 4.78 is 6.48. The van der Waals surface area contributed by atoms with Crippen molar-refractivity contribution in [1.82, 2.24) is 14.9 Å². The van der Waals surface area contributed by atoms with Gasteiger partial charge in [0, 0.05) is 13.7 Å². The Bertz CT molecular complexity index is 782. The number of aromatic nitrogens is 2. The third-order valence-corrected chi connectivity index (χ3v) is 3.26. The molecule has 0 fully saturated rings. The van der Waals surface area contributed by atoms with Crippen molar-refractivity contribution in [1.29, 1.82) is 10.5 Å². The first-order valence-corrected chi connectivity index (χ1v) is 6.87. The van der Waals surface area contributed by atoms with Crippen LogP contribution in [0, 0.1) is 22.7 Å². The second-order valence-electron chi connectivity index (χ2n) is 4.77. The maximum atomic E-state index is 12.0. The zero-order valence-corrected chi connectivity index (χ0v) is 12.6. The van der Waals surface area contributed by atoms with Crippen LogP contribution < -0.4 is 5.32 Å². The highest BCUT2D eigenvalue weighted by atomic mass is 16.5. The monoisotopic (exact) mass is 309 g/mol. The van der Waals surface area contributed by atoms with E-state index in [9.17, 15) is 4.79 Å². The molecule has 0 saturated heterocycles. The molecular weight excluding hydrogens is 294 g/mol. The van der Waals surface area contributed by atoms with Crippen LogP contribution in [0.5, 0.6) is 0 Å². The zero-order valence-electron chi connectivity index (χ0n) is 12.6. The summed E-state index contributed by atoms with van der Waals surface area (Å²) in [7, 11) is 1.62. The molecule has 0 bridgehead atoms. The molecule has 0 atom stereocenters. The van der Waals surface area contributed by atoms with Gasteiger partial charge in [-0.05, 0) is 11.1 Å². The van der Waals surface area contributed by atoms with Crippen LogP contribution >= 0.6 is 0 Å². The molecular formula is C16H15N5O2. The van der Waals surface area contributed by atoms with Gasteiger partial charge in [0.25, 0.3) is 0 Å². The highest BCUT2D eigenvalue weighted by Gasteiger charge is 2.13. The van der Waals surface area contributed by atoms with E-state index in [4.69, 9.17) is 15.3 Å². The van der Waals surface area contributed by atoms with E-state index in [1.54, 1.807) is 7.11 Å². The Morgan fingerprint density at radius 3 is 2.70 bits per heavy atom. The molecule has 2 aromatic rings. The number of ether oxygens (including phenoxy) is 1. The van der Waals surface area contributed by atoms with Gasteiger partial charge in [-0.2, -0.15) is 10.5 Å². The van der Waals surface area contributed by atoms with Gasteiger partial charge in [-0.3, -0.25) is 4.79 Å². The van der Waals surface area contributed by atoms with Gasteiger partial charge in [-0.15, -0.1) is 0 Å². The van der Waals surface area contributed by atoms with Gasteiger partial charge in [0.2, 0.25) is 5.91 Å². The number of carbonyl (C=O) groups excluding carboxylic acids is 1. The molecule has 0 aliphatic rings. The number of carbonyl (C=O) groups is 1. The van der Waals surface area contributed by atoms with Gasteiger partial charge in [0.15, 0.2) is 11.4 Å². The minimum atomic E-state index is -0.268. The fourth-order valence-electron chi connectivity index (χ4n) is 2.13. The first-order chi connectivity index (χ1) is 11.2. The van der Waals surface area contributed by atoms with Crippen LogP contribution in [0.25, 0.3) is 0 Å². The Hall–Kier alpha value is -3.16. The van der Waals surface area contributed by atoms with Crippen LogP contribution in [-0.4, -0.2) is 22.6 Å². The lowest BCUT2D eigenvalue weighted by atomic mass is 10.1. The normalized spacial score (nSPS) is 9.87. The number of amides is 1. The van der Waals surface area contributed by atoms with E-state index in [1.165, 1.54) is 10.9 Å². The molecule has 0 radical (unpaired) electrons. The predicted octanol–water partition coefficient (Wildman–Crippen LogP) is 1.09. The largest absolute Gasteiger partial charge is 0.380 e. The molecule has 7 nitrogen and oxygen atoms in total. The van der Waals surface area contributed by atoms with Gasteiger partial charge < -0.3 is 14.6 Å². The Labute approximate surface area is 133 Å². The summed E-state index contributed by atoms with van der Waals surface area (Å²) in [6.45, 7) is 0.766. The second-order valence-corrected chi connectivity index (χ2v) is 4.77. The topological polar surface area (TPSA) is 104 Å². The molecule has 1 heterocycles. The molecule has 1 aromatic carbocycles. The molecule has 2 rings (SSSR count). The molecule has 0 aliphatic carbocycles. The minimum Gasteiger partial charge on any atom is -0.380 e. The Morgan fingerprint density at radius 1 is 1.30 bits per heavy atom. The van der Waals surface area contributed by atoms with Crippen LogP contribution in [0.15, 0.2) is 30.6 Å². The fraction of sp³-hybridized carbons (Fsp3) is 0.250. The lowest BCUT2D eigenvalue weighted by molar-refractivity contribution is -0.121. The van der Waals surface area contributed by atoms with Crippen molar-refractivity contribution in [2.75, 3.05) is 7.11 Å². The average molecular weight is 309 g/mol. The SMILES string of the molecule is COCc1ccccc1CNC(=O)Cn1cnc(C#N)c1C#N. The molecule has 23 heavy (non-hydrogen) atoms. The van der Waals surface area contributed by atoms with Gasteiger partial charge in [-0.1, -0.05) is 24.3 Å². The van der Waals surface area contributed by atoms with Crippen molar-refractivity contribution in [2.24, 2.45) is 0 Å². The quantitative estimate of drug-likeness (QED) is 0.860. The smallest absolute Gasteiger partial charge is 0.240 e. The maximum Gasteiger partial charge on any atom is 0.240 e. The summed E-state index contributed by atoms with van der Waals surface area (Å²) >= 11 is 0. The number of hydrogen-bond acceptors (Lipinski definition) is 5. The van der Waals surface area contributed by atoms with E-state index in [1.807, 2.05) is 36.4 Å². The molecule has 0 spiro atoms. The lowest BCUT2D eigenvalue weighted by Crippen LogP contribution is -2.27. The van der Waals surface area contributed by atoms with Crippen LogP contribution in [0.2, 0.25) is 0 Å². The molecule has 1 amide bonds. The van der Waals surface area contributed by atoms with Gasteiger partial charge in [0.05, 0.1) is 12.9 Å². The van der Waals surface area contributed by atoms with Crippen LogP contribution in [0.3, 0.4) is 0 Å². The van der Waals surface area contributed by atoms with Crippen LogP contribution in [-0.2, 0) is 29.2 Å². The van der Waals surface area contributed by atoms with Crippen molar-refractivity contribution in [3.05, 3.63) is 53.1 Å². The number of hydrogen-bond donors (Lipinski definition) is 1. The standard InChI is InChI=1S/C16H15N5O2/c1-23-10-13-5-3-2-4-12(13)8-19-16(22)9-21-11-20-14(6-17)15(21)7-18/h2-5,11H,8-10H2,1H3,(H,19,22). The summed E-state index contributed by atoms with van der Waals surface area (Å²) in [5.41, 5.74) is 2.07. The van der Waals surface area contributed by atoms with Gasteiger partial charge >= 0.3 is 0 Å². The predicted molar refractivity (Wildman–Crippen MR) is 80.7 cm³/mol. The Morgan fingerprint density at radius 2 is 2.04 bits per heavy atom. The number of methoxy groups -OCH3 is 1. The maximum absolute atomic E-state index is 12.0. The molecule has 1 aromatic heterocycles. The summed E-state index contributed by atoms with van der Waals surface area (Å²) in [6, 6.07) is 11.4. The van der Waals surface area contributed by atoms with E-state index in [0.29, 0.717) is 13.2 Å². The van der Waals surface area contributed by atoms with Crippen LogP contribution in [0.4, 0.5) is 0 Å². The summed E-state index contributed by atoms with van der Waals surface area (Å²) in [6.07, 6.45) is 1.32. The lowest BCUT2D eigenvalue weighted by Gasteiger charge is -2.10. The molecule has 0 aliphatic heterocycles. The summed E-state index contributed by atoms with van der Waals surface area (Å²) in [5, 5.41) is 20.7. The number of benzene rings is 1. The Kier molecular flexibility index (Phi) is 5.45. The summed E-state index contributed by atoms with van der Waals surface area (Å²) in [5.74, 6) is -0.268. The second kappa shape index (κ2) is 7.74. The van der Waals surface area contributed by atoms with Crippen LogP contribution in [0.1, 0.15) is 22.5 Å². The zero-order chi connectivity index (χ0) is 16.7. The third-order valence-electron chi connectivity index (χ3n) is 3.26. The first-order valence-electron chi connectivity index (χ1n) is 6.87. The summed E-state index contributed by atoms with van der Waals surface area (Å²) in [4.78, 5) is 15.8. The van der Waals surface area contributed by atoms with Gasteiger partial charge in [0.1, 0.15) is 18.7 Å². The van der Waals surface area contributed by atoms with Crippen molar-refractivity contribution < 1.29 is 9.53 Å². The number of nitrogens with one attached hydrogen (secondary N) is 1. The highest BCUT2D eigenvalue weighted by molar-refractivity contribution is 5.76. The molecule has 7 heteroatoms. The van der Waals surface area contributed by atoms with Crippen molar-refractivity contribution in [3.8, 4) is 12.1 Å². The minimum absolute atomic E-state index is 0.0192. The average Bonchev–Trinajstić information content (AvgIpc) is 2.96. The number of imidazole rings is 1. The van der Waals surface area contributed by atoms with E-state index >= 15 is 0 Å².